The zero-order valence-electron chi connectivity index (χ0n) is 21.5. The second-order valence-electron chi connectivity index (χ2n) is 9.50. The Morgan fingerprint density at radius 1 is 1.08 bits per heavy atom. The van der Waals surface area contributed by atoms with E-state index >= 15 is 0 Å². The van der Waals surface area contributed by atoms with Gasteiger partial charge in [0.25, 0.3) is 5.56 Å². The molecule has 1 aliphatic heterocycles. The van der Waals surface area contributed by atoms with Crippen LogP contribution in [0.5, 0.6) is 5.75 Å². The van der Waals surface area contributed by atoms with Gasteiger partial charge in [-0.25, -0.2) is 9.67 Å². The number of fused-ring (bicyclic) bond motifs is 1. The summed E-state index contributed by atoms with van der Waals surface area (Å²) in [5.74, 6) is 1.28. The molecule has 1 aliphatic rings. The van der Waals surface area contributed by atoms with E-state index in [2.05, 4.69) is 15.0 Å². The van der Waals surface area contributed by atoms with Gasteiger partial charge in [-0.15, -0.1) is 12.4 Å². The Morgan fingerprint density at radius 3 is 2.38 bits per heavy atom. The van der Waals surface area contributed by atoms with Crippen LogP contribution < -0.4 is 10.3 Å². The van der Waals surface area contributed by atoms with E-state index in [1.807, 2.05) is 38.1 Å². The highest BCUT2D eigenvalue weighted by Gasteiger charge is 2.23. The Labute approximate surface area is 247 Å². The molecule has 1 saturated heterocycles. The molecule has 1 fully saturated rings. The van der Waals surface area contributed by atoms with Crippen LogP contribution in [0.4, 0.5) is 0 Å². The van der Waals surface area contributed by atoms with Gasteiger partial charge in [-0.05, 0) is 35.7 Å². The van der Waals surface area contributed by atoms with Crippen LogP contribution in [0, 0.1) is 0 Å². The van der Waals surface area contributed by atoms with Crippen molar-refractivity contribution in [3.63, 3.8) is 0 Å². The number of halogens is 4. The summed E-state index contributed by atoms with van der Waals surface area (Å²) in [6.07, 6.45) is 0.420. The zero-order chi connectivity index (χ0) is 26.8. The number of hydrogen-bond donors (Lipinski definition) is 1. The first-order valence-corrected chi connectivity index (χ1v) is 13.6. The Kier molecular flexibility index (Phi) is 9.80. The maximum Gasteiger partial charge on any atom is 0.262 e. The van der Waals surface area contributed by atoms with Gasteiger partial charge in [0.05, 0.1) is 29.0 Å². The van der Waals surface area contributed by atoms with E-state index in [0.29, 0.717) is 56.3 Å². The van der Waals surface area contributed by atoms with Crippen molar-refractivity contribution in [3.05, 3.63) is 78.9 Å². The molecule has 208 valence electrons. The molecule has 1 N–H and O–H groups in total. The highest BCUT2D eigenvalue weighted by Crippen LogP contribution is 2.34. The first kappa shape index (κ1) is 29.6. The highest BCUT2D eigenvalue weighted by atomic mass is 35.5. The SMILES string of the molecule is CC(C)c1nn(-c2c(Cl)cc(Cl)cc2Cl)c2nc(Cc3ccc(OCCN4CCOCC4)cc3)[nH]c(=O)c12.Cl. The van der Waals surface area contributed by atoms with Gasteiger partial charge in [-0.2, -0.15) is 5.10 Å². The monoisotopic (exact) mass is 611 g/mol. The quantitative estimate of drug-likeness (QED) is 0.266. The Hall–Kier alpha value is -2.33. The molecule has 0 bridgehead atoms. The Bertz CT molecular complexity index is 1480. The van der Waals surface area contributed by atoms with Crippen LogP contribution in [-0.2, 0) is 11.2 Å². The summed E-state index contributed by atoms with van der Waals surface area (Å²) in [5, 5.41) is 6.14. The smallest absolute Gasteiger partial charge is 0.262 e. The minimum absolute atomic E-state index is 0. The largest absolute Gasteiger partial charge is 0.492 e. The van der Waals surface area contributed by atoms with Crippen molar-refractivity contribution in [2.75, 3.05) is 39.5 Å². The minimum Gasteiger partial charge on any atom is -0.492 e. The molecule has 4 aromatic rings. The average molecular weight is 613 g/mol. The van der Waals surface area contributed by atoms with Gasteiger partial charge in [-0.3, -0.25) is 9.69 Å². The first-order valence-electron chi connectivity index (χ1n) is 12.5. The molecule has 5 rings (SSSR count). The van der Waals surface area contributed by atoms with Crippen molar-refractivity contribution in [1.82, 2.24) is 24.6 Å². The van der Waals surface area contributed by atoms with Gasteiger partial charge in [0.2, 0.25) is 0 Å². The molecule has 8 nitrogen and oxygen atoms in total. The van der Waals surface area contributed by atoms with Crippen molar-refractivity contribution in [2.24, 2.45) is 0 Å². The normalized spacial score (nSPS) is 14.1. The van der Waals surface area contributed by atoms with Crippen molar-refractivity contribution in [2.45, 2.75) is 26.2 Å². The van der Waals surface area contributed by atoms with Crippen molar-refractivity contribution in [1.29, 1.82) is 0 Å². The number of morpholine rings is 1. The van der Waals surface area contributed by atoms with Crippen LogP contribution in [0.1, 0.15) is 36.8 Å². The third-order valence-electron chi connectivity index (χ3n) is 6.43. The average Bonchev–Trinajstić information content (AvgIpc) is 3.25. The minimum atomic E-state index is -0.260. The van der Waals surface area contributed by atoms with E-state index in [-0.39, 0.29) is 23.9 Å². The molecule has 2 aromatic carbocycles. The summed E-state index contributed by atoms with van der Waals surface area (Å²) in [7, 11) is 0. The fraction of sp³-hybridized carbons (Fsp3) is 0.370. The molecule has 0 unspecified atom stereocenters. The number of ether oxygens (including phenoxy) is 2. The lowest BCUT2D eigenvalue weighted by Gasteiger charge is -2.26. The van der Waals surface area contributed by atoms with Crippen molar-refractivity contribution >= 4 is 58.2 Å². The van der Waals surface area contributed by atoms with E-state index in [0.717, 1.165) is 44.2 Å². The molecule has 0 amide bonds. The van der Waals surface area contributed by atoms with Gasteiger partial charge in [0.1, 0.15) is 29.3 Å². The van der Waals surface area contributed by atoms with Gasteiger partial charge < -0.3 is 14.5 Å². The molecular weight excluding hydrogens is 584 g/mol. The topological polar surface area (TPSA) is 85.3 Å². The van der Waals surface area contributed by atoms with E-state index in [4.69, 9.17) is 49.3 Å². The highest BCUT2D eigenvalue weighted by molar-refractivity contribution is 6.40. The lowest BCUT2D eigenvalue weighted by atomic mass is 10.1. The van der Waals surface area contributed by atoms with Gasteiger partial charge in [0, 0.05) is 31.1 Å². The van der Waals surface area contributed by atoms with E-state index in [1.54, 1.807) is 12.1 Å². The lowest BCUT2D eigenvalue weighted by molar-refractivity contribution is 0.0322. The molecule has 12 heteroatoms. The standard InChI is InChI=1S/C27H28Cl3N5O3.ClH/c1-16(2)24-23-26(35(33-24)25-20(29)14-18(28)15-21(25)30)31-22(32-27(23)36)13-17-3-5-19(6-4-17)38-12-9-34-7-10-37-11-8-34;/h3-6,14-16H,7-13H2,1-2H3,(H,31,32,36);1H. The summed E-state index contributed by atoms with van der Waals surface area (Å²) >= 11 is 19.1. The van der Waals surface area contributed by atoms with Crippen LogP contribution in [0.3, 0.4) is 0 Å². The molecule has 2 aromatic heterocycles. The number of rotatable bonds is 8. The molecule has 39 heavy (non-hydrogen) atoms. The van der Waals surface area contributed by atoms with Gasteiger partial charge in [0.15, 0.2) is 5.65 Å². The molecular formula is C27H29Cl4N5O3. The Balaban J connectivity index is 0.00000353. The van der Waals surface area contributed by atoms with E-state index in [1.165, 1.54) is 4.68 Å². The predicted molar refractivity (Wildman–Crippen MR) is 158 cm³/mol. The fourth-order valence-electron chi connectivity index (χ4n) is 4.49. The van der Waals surface area contributed by atoms with Crippen molar-refractivity contribution in [3.8, 4) is 11.4 Å². The van der Waals surface area contributed by atoms with Crippen LogP contribution in [0.15, 0.2) is 41.2 Å². The molecule has 0 saturated carbocycles. The maximum atomic E-state index is 13.2. The summed E-state index contributed by atoms with van der Waals surface area (Å²) in [4.78, 5) is 23.3. The number of aromatic nitrogens is 4. The van der Waals surface area contributed by atoms with Gasteiger partial charge >= 0.3 is 0 Å². The van der Waals surface area contributed by atoms with Crippen LogP contribution in [0.25, 0.3) is 16.7 Å². The second-order valence-corrected chi connectivity index (χ2v) is 10.8. The number of nitrogens with one attached hydrogen (secondary N) is 1. The van der Waals surface area contributed by atoms with Gasteiger partial charge in [-0.1, -0.05) is 60.8 Å². The van der Waals surface area contributed by atoms with Crippen LogP contribution in [-0.4, -0.2) is 64.1 Å². The number of nitrogens with zero attached hydrogens (tertiary/aromatic N) is 4. The maximum absolute atomic E-state index is 13.2. The lowest BCUT2D eigenvalue weighted by Crippen LogP contribution is -2.38. The third-order valence-corrected chi connectivity index (χ3v) is 7.22. The molecule has 0 atom stereocenters. The van der Waals surface area contributed by atoms with Crippen molar-refractivity contribution < 1.29 is 9.47 Å². The molecule has 0 spiro atoms. The number of benzene rings is 2. The number of hydrogen-bond acceptors (Lipinski definition) is 6. The summed E-state index contributed by atoms with van der Waals surface area (Å²) in [5.41, 5.74) is 2.15. The number of aromatic amines is 1. The summed E-state index contributed by atoms with van der Waals surface area (Å²) in [6, 6.07) is 11.0. The fourth-order valence-corrected chi connectivity index (χ4v) is 5.47. The second kappa shape index (κ2) is 12.9. The Morgan fingerprint density at radius 2 is 1.74 bits per heavy atom. The zero-order valence-corrected chi connectivity index (χ0v) is 24.6. The summed E-state index contributed by atoms with van der Waals surface area (Å²) < 4.78 is 12.8. The van der Waals surface area contributed by atoms with Crippen LogP contribution in [0.2, 0.25) is 15.1 Å². The van der Waals surface area contributed by atoms with E-state index in [9.17, 15) is 4.79 Å². The number of H-pyrrole nitrogens is 1. The molecule has 3 heterocycles. The predicted octanol–water partition coefficient (Wildman–Crippen LogP) is 5.92. The van der Waals surface area contributed by atoms with E-state index < -0.39 is 0 Å². The first-order chi connectivity index (χ1) is 18.3. The molecule has 0 radical (unpaired) electrons. The molecule has 0 aliphatic carbocycles. The van der Waals surface area contributed by atoms with Crippen LogP contribution >= 0.6 is 47.2 Å². The summed E-state index contributed by atoms with van der Waals surface area (Å²) in [6.45, 7) is 8.83. The third kappa shape index (κ3) is 6.70.